The second-order valence-corrected chi connectivity index (χ2v) is 6.39. The lowest BCUT2D eigenvalue weighted by Gasteiger charge is -2.09. The van der Waals surface area contributed by atoms with E-state index in [0.29, 0.717) is 27.0 Å². The van der Waals surface area contributed by atoms with Gasteiger partial charge in [0.25, 0.3) is 5.56 Å². The predicted octanol–water partition coefficient (Wildman–Crippen LogP) is 1.77. The molecule has 2 aromatic heterocycles. The summed E-state index contributed by atoms with van der Waals surface area (Å²) in [4.78, 5) is 29.4. The molecule has 0 aliphatic carbocycles. The van der Waals surface area contributed by atoms with Crippen molar-refractivity contribution in [1.29, 1.82) is 5.26 Å². The molecule has 0 bridgehead atoms. The summed E-state index contributed by atoms with van der Waals surface area (Å²) in [5.74, 6) is 0. The fourth-order valence-corrected chi connectivity index (χ4v) is 3.08. The van der Waals surface area contributed by atoms with Crippen molar-refractivity contribution in [2.75, 3.05) is 0 Å². The molecule has 1 aromatic carbocycles. The summed E-state index contributed by atoms with van der Waals surface area (Å²) in [5, 5.41) is 9.20. The minimum Gasteiger partial charge on any atom is -0.316 e. The maximum absolute atomic E-state index is 12.7. The van der Waals surface area contributed by atoms with Gasteiger partial charge in [-0.1, -0.05) is 17.7 Å². The third-order valence-corrected chi connectivity index (χ3v) is 4.82. The van der Waals surface area contributed by atoms with Crippen molar-refractivity contribution in [1.82, 2.24) is 18.7 Å². The second kappa shape index (κ2) is 5.92. The van der Waals surface area contributed by atoms with Crippen LogP contribution in [0.2, 0.25) is 5.02 Å². The quantitative estimate of drug-likeness (QED) is 0.605. The number of fused-ring (bicyclic) bond motifs is 1. The maximum atomic E-state index is 12.7. The fourth-order valence-electron chi connectivity index (χ4n) is 2.49. The van der Waals surface area contributed by atoms with Crippen LogP contribution in [0.25, 0.3) is 11.2 Å². The molecule has 0 atom stereocenters. The Bertz CT molecular complexity index is 1140. The van der Waals surface area contributed by atoms with Crippen LogP contribution in [0.4, 0.5) is 0 Å². The van der Waals surface area contributed by atoms with Crippen LogP contribution in [0, 0.1) is 11.3 Å². The van der Waals surface area contributed by atoms with Gasteiger partial charge >= 0.3 is 5.69 Å². The van der Waals surface area contributed by atoms with Crippen LogP contribution in [0.5, 0.6) is 0 Å². The number of nitriles is 1. The zero-order valence-electron chi connectivity index (χ0n) is 12.7. The Morgan fingerprint density at radius 2 is 2.00 bits per heavy atom. The molecule has 3 aromatic rings. The SMILES string of the molecule is Cn1c(Br)nc2c1c(=O)n(Cc1ccc(C#N)c(Cl)c1)c(=O)n2C. The lowest BCUT2D eigenvalue weighted by Crippen LogP contribution is -2.39. The molecule has 0 aliphatic rings. The van der Waals surface area contributed by atoms with Crippen LogP contribution in [-0.4, -0.2) is 18.7 Å². The largest absolute Gasteiger partial charge is 0.332 e. The van der Waals surface area contributed by atoms with Crippen LogP contribution in [0.1, 0.15) is 11.1 Å². The topological polar surface area (TPSA) is 85.6 Å². The highest BCUT2D eigenvalue weighted by Crippen LogP contribution is 2.18. The first-order valence-corrected chi connectivity index (χ1v) is 8.02. The molecule has 122 valence electrons. The zero-order chi connectivity index (χ0) is 17.6. The van der Waals surface area contributed by atoms with E-state index >= 15 is 0 Å². The number of benzene rings is 1. The average Bonchev–Trinajstić information content (AvgIpc) is 2.85. The third-order valence-electron chi connectivity index (χ3n) is 3.80. The van der Waals surface area contributed by atoms with Gasteiger partial charge < -0.3 is 4.57 Å². The minimum atomic E-state index is -0.474. The van der Waals surface area contributed by atoms with Crippen molar-refractivity contribution >= 4 is 38.7 Å². The van der Waals surface area contributed by atoms with Gasteiger partial charge in [-0.15, -0.1) is 0 Å². The van der Waals surface area contributed by atoms with Crippen LogP contribution in [0.15, 0.2) is 32.5 Å². The molecule has 0 spiro atoms. The molecule has 0 saturated carbocycles. The van der Waals surface area contributed by atoms with Crippen molar-refractivity contribution in [3.63, 3.8) is 0 Å². The van der Waals surface area contributed by atoms with E-state index in [1.165, 1.54) is 4.57 Å². The van der Waals surface area contributed by atoms with Gasteiger partial charge in [0, 0.05) is 14.1 Å². The predicted molar refractivity (Wildman–Crippen MR) is 93.2 cm³/mol. The highest BCUT2D eigenvalue weighted by Gasteiger charge is 2.17. The van der Waals surface area contributed by atoms with Crippen LogP contribution < -0.4 is 11.2 Å². The first kappa shape index (κ1) is 16.5. The Labute approximate surface area is 149 Å². The summed E-state index contributed by atoms with van der Waals surface area (Å²) in [6, 6.07) is 6.78. The summed E-state index contributed by atoms with van der Waals surface area (Å²) in [7, 11) is 3.25. The van der Waals surface area contributed by atoms with Crippen LogP contribution in [0.3, 0.4) is 0 Å². The van der Waals surface area contributed by atoms with Gasteiger partial charge in [-0.05, 0) is 33.6 Å². The first-order chi connectivity index (χ1) is 11.3. The molecular formula is C15H11BrClN5O2. The average molecular weight is 409 g/mol. The van der Waals surface area contributed by atoms with E-state index in [1.807, 2.05) is 6.07 Å². The molecule has 3 rings (SSSR count). The van der Waals surface area contributed by atoms with Gasteiger partial charge in [0.2, 0.25) is 0 Å². The second-order valence-electron chi connectivity index (χ2n) is 5.27. The first-order valence-electron chi connectivity index (χ1n) is 6.85. The van der Waals surface area contributed by atoms with Gasteiger partial charge in [-0.3, -0.25) is 13.9 Å². The molecule has 24 heavy (non-hydrogen) atoms. The molecule has 0 radical (unpaired) electrons. The summed E-state index contributed by atoms with van der Waals surface area (Å²) in [6.07, 6.45) is 0. The molecule has 0 aliphatic heterocycles. The summed E-state index contributed by atoms with van der Waals surface area (Å²) in [5.41, 5.74) is 0.718. The number of imidazole rings is 1. The maximum Gasteiger partial charge on any atom is 0.332 e. The number of aryl methyl sites for hydroxylation is 2. The number of rotatable bonds is 2. The van der Waals surface area contributed by atoms with Gasteiger partial charge in [-0.25, -0.2) is 9.78 Å². The molecule has 0 unspecified atom stereocenters. The van der Waals surface area contributed by atoms with Crippen molar-refractivity contribution in [2.24, 2.45) is 14.1 Å². The van der Waals surface area contributed by atoms with E-state index in [0.717, 1.165) is 4.57 Å². The van der Waals surface area contributed by atoms with E-state index in [2.05, 4.69) is 20.9 Å². The fraction of sp³-hybridized carbons (Fsp3) is 0.200. The van der Waals surface area contributed by atoms with Crippen molar-refractivity contribution in [3.8, 4) is 6.07 Å². The van der Waals surface area contributed by atoms with Gasteiger partial charge in [0.15, 0.2) is 15.9 Å². The van der Waals surface area contributed by atoms with E-state index in [4.69, 9.17) is 16.9 Å². The summed E-state index contributed by atoms with van der Waals surface area (Å²) in [6.45, 7) is 0.0513. The molecule has 2 heterocycles. The van der Waals surface area contributed by atoms with E-state index in [9.17, 15) is 9.59 Å². The van der Waals surface area contributed by atoms with E-state index in [-0.39, 0.29) is 11.6 Å². The highest BCUT2D eigenvalue weighted by molar-refractivity contribution is 9.10. The smallest absolute Gasteiger partial charge is 0.316 e. The standard InChI is InChI=1S/C15H11BrClN5O2/c1-20-11-12(19-14(20)16)21(2)15(24)22(13(11)23)7-8-3-4-9(6-18)10(17)5-8/h3-5H,7H2,1-2H3. The Hall–Kier alpha value is -2.37. The lowest BCUT2D eigenvalue weighted by molar-refractivity contribution is 0.655. The minimum absolute atomic E-state index is 0.0513. The number of aromatic nitrogens is 4. The molecule has 0 fully saturated rings. The number of hydrogen-bond acceptors (Lipinski definition) is 4. The molecule has 0 saturated heterocycles. The Morgan fingerprint density at radius 1 is 1.29 bits per heavy atom. The number of hydrogen-bond donors (Lipinski definition) is 0. The van der Waals surface area contributed by atoms with Gasteiger partial charge in [0.1, 0.15) is 6.07 Å². The molecule has 9 heteroatoms. The van der Waals surface area contributed by atoms with Crippen LogP contribution >= 0.6 is 27.5 Å². The number of nitrogens with zero attached hydrogens (tertiary/aromatic N) is 5. The molecule has 0 amide bonds. The monoisotopic (exact) mass is 407 g/mol. The van der Waals surface area contributed by atoms with Gasteiger partial charge in [-0.2, -0.15) is 5.26 Å². The van der Waals surface area contributed by atoms with Crippen molar-refractivity contribution in [2.45, 2.75) is 6.54 Å². The molecule has 7 nitrogen and oxygen atoms in total. The van der Waals surface area contributed by atoms with Crippen molar-refractivity contribution in [3.05, 3.63) is 59.9 Å². The third kappa shape index (κ3) is 2.46. The Balaban J connectivity index is 2.22. The Morgan fingerprint density at radius 3 is 2.62 bits per heavy atom. The van der Waals surface area contributed by atoms with E-state index < -0.39 is 11.2 Å². The number of halogens is 2. The van der Waals surface area contributed by atoms with Gasteiger partial charge in [0.05, 0.1) is 17.1 Å². The van der Waals surface area contributed by atoms with E-state index in [1.54, 1.807) is 36.9 Å². The highest BCUT2D eigenvalue weighted by atomic mass is 79.9. The molecular weight excluding hydrogens is 398 g/mol. The zero-order valence-corrected chi connectivity index (χ0v) is 15.1. The summed E-state index contributed by atoms with van der Waals surface area (Å²) >= 11 is 9.28. The normalized spacial score (nSPS) is 11.0. The summed E-state index contributed by atoms with van der Waals surface area (Å²) < 4.78 is 4.49. The Kier molecular flexibility index (Phi) is 4.07. The van der Waals surface area contributed by atoms with Crippen molar-refractivity contribution < 1.29 is 0 Å². The lowest BCUT2D eigenvalue weighted by atomic mass is 10.1. The molecule has 0 N–H and O–H groups in total. The van der Waals surface area contributed by atoms with Crippen LogP contribution in [-0.2, 0) is 20.6 Å².